The van der Waals surface area contributed by atoms with E-state index in [1.54, 1.807) is 0 Å². The summed E-state index contributed by atoms with van der Waals surface area (Å²) in [6.45, 7) is 5.71. The molecule has 1 heterocycles. The molecule has 0 aliphatic carbocycles. The molecule has 0 bridgehead atoms. The number of allylic oxidation sites excluding steroid dienone is 1. The van der Waals surface area contributed by atoms with Gasteiger partial charge in [0.05, 0.1) is 6.54 Å². The minimum atomic E-state index is 0.137. The Kier molecular flexibility index (Phi) is 8.24. The van der Waals surface area contributed by atoms with Crippen molar-refractivity contribution in [2.24, 2.45) is 5.92 Å². The molecule has 0 spiro atoms. The van der Waals surface area contributed by atoms with Crippen molar-refractivity contribution in [1.29, 1.82) is 0 Å². The maximum atomic E-state index is 12.7. The summed E-state index contributed by atoms with van der Waals surface area (Å²) in [6, 6.07) is 10.5. The molecule has 1 aromatic carbocycles. The van der Waals surface area contributed by atoms with Crippen molar-refractivity contribution in [1.82, 2.24) is 14.7 Å². The second kappa shape index (κ2) is 10.4. The zero-order valence-corrected chi connectivity index (χ0v) is 18.0. The van der Waals surface area contributed by atoms with Crippen LogP contribution in [0.4, 0.5) is 0 Å². The minimum Gasteiger partial charge on any atom is -0.341 e. The van der Waals surface area contributed by atoms with E-state index < -0.39 is 0 Å². The summed E-state index contributed by atoms with van der Waals surface area (Å²) < 4.78 is 0. The van der Waals surface area contributed by atoms with Crippen LogP contribution in [0, 0.1) is 5.92 Å². The van der Waals surface area contributed by atoms with E-state index in [9.17, 15) is 9.59 Å². The number of carbonyl (C=O) groups is 2. The lowest BCUT2D eigenvalue weighted by Crippen LogP contribution is -2.50. The van der Waals surface area contributed by atoms with E-state index in [2.05, 4.69) is 24.3 Å². The summed E-state index contributed by atoms with van der Waals surface area (Å²) in [5.74, 6) is 0.679. The number of benzene rings is 1. The Balaban J connectivity index is 2.11. The highest BCUT2D eigenvalue weighted by atomic mass is 16.2. The smallest absolute Gasteiger partial charge is 0.249 e. The van der Waals surface area contributed by atoms with Crippen molar-refractivity contribution < 1.29 is 9.59 Å². The zero-order chi connectivity index (χ0) is 20.7. The van der Waals surface area contributed by atoms with Gasteiger partial charge in [0, 0.05) is 31.8 Å². The average Bonchev–Trinajstić information content (AvgIpc) is 2.70. The minimum absolute atomic E-state index is 0.137. The van der Waals surface area contributed by atoms with Crippen LogP contribution in [0.3, 0.4) is 0 Å². The zero-order valence-electron chi connectivity index (χ0n) is 18.0. The molecule has 0 radical (unpaired) electrons. The third kappa shape index (κ3) is 5.93. The first-order valence-electron chi connectivity index (χ1n) is 10.2. The Morgan fingerprint density at radius 2 is 1.75 bits per heavy atom. The van der Waals surface area contributed by atoms with E-state index in [0.29, 0.717) is 12.5 Å². The molecule has 1 unspecified atom stereocenters. The summed E-state index contributed by atoms with van der Waals surface area (Å²) >= 11 is 0. The summed E-state index contributed by atoms with van der Waals surface area (Å²) in [5.41, 5.74) is 2.05. The average molecular weight is 386 g/mol. The van der Waals surface area contributed by atoms with E-state index >= 15 is 0 Å². The molecule has 0 aromatic heterocycles. The molecule has 2 amide bonds. The second-order valence-electron chi connectivity index (χ2n) is 8.10. The Morgan fingerprint density at radius 3 is 2.29 bits per heavy atom. The lowest BCUT2D eigenvalue weighted by molar-refractivity contribution is -0.135. The standard InChI is InChI=1S/C23H35N3O2/c1-6-18(2)23(28)26-14-12-20(13-15-26)21(16-19-10-8-7-9-11-19)25(5)22(27)17-24(3)4/h6-11,20-21H,12-17H2,1-5H3. The first-order chi connectivity index (χ1) is 13.3. The number of nitrogens with zero attached hydrogens (tertiary/aromatic N) is 3. The SMILES string of the molecule is CC=C(C)C(=O)N1CCC(C(Cc2ccccc2)N(C)C(=O)CN(C)C)CC1. The topological polar surface area (TPSA) is 43.9 Å². The van der Waals surface area contributed by atoms with Gasteiger partial charge in [0.15, 0.2) is 0 Å². The molecule has 1 fully saturated rings. The molecule has 0 N–H and O–H groups in total. The number of carbonyl (C=O) groups excluding carboxylic acids is 2. The van der Waals surface area contributed by atoms with Gasteiger partial charge in [-0.25, -0.2) is 0 Å². The fourth-order valence-electron chi connectivity index (χ4n) is 3.90. The van der Waals surface area contributed by atoms with Crippen LogP contribution >= 0.6 is 0 Å². The maximum Gasteiger partial charge on any atom is 0.249 e. The van der Waals surface area contributed by atoms with E-state index in [1.165, 1.54) is 5.56 Å². The van der Waals surface area contributed by atoms with Crippen LogP contribution < -0.4 is 0 Å². The monoisotopic (exact) mass is 385 g/mol. The number of likely N-dealkylation sites (N-methyl/N-ethyl adjacent to an activating group) is 2. The van der Waals surface area contributed by atoms with E-state index in [1.807, 2.05) is 61.8 Å². The largest absolute Gasteiger partial charge is 0.341 e. The van der Waals surface area contributed by atoms with Gasteiger partial charge in [-0.2, -0.15) is 0 Å². The third-order valence-electron chi connectivity index (χ3n) is 5.77. The van der Waals surface area contributed by atoms with Gasteiger partial charge in [-0.1, -0.05) is 36.4 Å². The van der Waals surface area contributed by atoms with Crippen LogP contribution in [0.25, 0.3) is 0 Å². The number of piperidine rings is 1. The van der Waals surface area contributed by atoms with Crippen LogP contribution in [-0.2, 0) is 16.0 Å². The van der Waals surface area contributed by atoms with Crippen molar-refractivity contribution >= 4 is 11.8 Å². The number of hydrogen-bond acceptors (Lipinski definition) is 3. The van der Waals surface area contributed by atoms with Crippen LogP contribution in [0.1, 0.15) is 32.3 Å². The molecular formula is C23H35N3O2. The van der Waals surface area contributed by atoms with Gasteiger partial charge in [-0.15, -0.1) is 0 Å². The lowest BCUT2D eigenvalue weighted by Gasteiger charge is -2.40. The number of rotatable bonds is 7. The van der Waals surface area contributed by atoms with Crippen molar-refractivity contribution in [3.63, 3.8) is 0 Å². The number of amides is 2. The quantitative estimate of drug-likeness (QED) is 0.678. The molecule has 1 saturated heterocycles. The molecular weight excluding hydrogens is 350 g/mol. The third-order valence-corrected chi connectivity index (χ3v) is 5.77. The Bertz CT molecular complexity index is 676. The van der Waals surface area contributed by atoms with Gasteiger partial charge in [0.1, 0.15) is 0 Å². The Hall–Kier alpha value is -2.14. The maximum absolute atomic E-state index is 12.7. The van der Waals surface area contributed by atoms with Crippen LogP contribution in [0.2, 0.25) is 0 Å². The van der Waals surface area contributed by atoms with E-state index in [-0.39, 0.29) is 17.9 Å². The van der Waals surface area contributed by atoms with Crippen molar-refractivity contribution in [2.75, 3.05) is 40.8 Å². The summed E-state index contributed by atoms with van der Waals surface area (Å²) in [6.07, 6.45) is 4.59. The van der Waals surface area contributed by atoms with Crippen molar-refractivity contribution in [2.45, 2.75) is 39.2 Å². The van der Waals surface area contributed by atoms with Gasteiger partial charge in [-0.05, 0) is 58.7 Å². The molecule has 1 aromatic rings. The van der Waals surface area contributed by atoms with Crippen LogP contribution in [-0.4, -0.2) is 73.3 Å². The number of hydrogen-bond donors (Lipinski definition) is 0. The molecule has 0 saturated carbocycles. The molecule has 1 aliphatic rings. The fourth-order valence-corrected chi connectivity index (χ4v) is 3.90. The van der Waals surface area contributed by atoms with Crippen molar-refractivity contribution in [3.8, 4) is 0 Å². The molecule has 5 heteroatoms. The fraction of sp³-hybridized carbons (Fsp3) is 0.565. The highest BCUT2D eigenvalue weighted by molar-refractivity contribution is 5.92. The predicted molar refractivity (Wildman–Crippen MR) is 114 cm³/mol. The van der Waals surface area contributed by atoms with Crippen LogP contribution in [0.5, 0.6) is 0 Å². The lowest BCUT2D eigenvalue weighted by atomic mass is 9.84. The number of likely N-dealkylation sites (tertiary alicyclic amines) is 1. The first kappa shape index (κ1) is 22.2. The van der Waals surface area contributed by atoms with Gasteiger partial charge in [0.2, 0.25) is 11.8 Å². The highest BCUT2D eigenvalue weighted by Crippen LogP contribution is 2.27. The normalized spacial score (nSPS) is 16.9. The Morgan fingerprint density at radius 1 is 1.14 bits per heavy atom. The molecule has 1 atom stereocenters. The molecule has 1 aliphatic heterocycles. The van der Waals surface area contributed by atoms with Gasteiger partial charge in [0.25, 0.3) is 0 Å². The van der Waals surface area contributed by atoms with Crippen LogP contribution in [0.15, 0.2) is 42.0 Å². The summed E-state index contributed by atoms with van der Waals surface area (Å²) in [7, 11) is 5.78. The van der Waals surface area contributed by atoms with E-state index in [0.717, 1.165) is 37.9 Å². The molecule has 2 rings (SSSR count). The predicted octanol–water partition coefficient (Wildman–Crippen LogP) is 2.82. The highest BCUT2D eigenvalue weighted by Gasteiger charge is 2.32. The summed E-state index contributed by atoms with van der Waals surface area (Å²) in [5, 5.41) is 0. The Labute approximate surface area is 170 Å². The van der Waals surface area contributed by atoms with Gasteiger partial charge in [-0.3, -0.25) is 9.59 Å². The van der Waals surface area contributed by atoms with Crippen molar-refractivity contribution in [3.05, 3.63) is 47.5 Å². The van der Waals surface area contributed by atoms with E-state index in [4.69, 9.17) is 0 Å². The second-order valence-corrected chi connectivity index (χ2v) is 8.10. The first-order valence-corrected chi connectivity index (χ1v) is 10.2. The molecule has 28 heavy (non-hydrogen) atoms. The van der Waals surface area contributed by atoms with Gasteiger partial charge < -0.3 is 14.7 Å². The molecule has 154 valence electrons. The molecule has 5 nitrogen and oxygen atoms in total. The van der Waals surface area contributed by atoms with Gasteiger partial charge >= 0.3 is 0 Å². The summed E-state index contributed by atoms with van der Waals surface area (Å²) in [4.78, 5) is 31.0.